The Hall–Kier alpha value is -0.810. The van der Waals surface area contributed by atoms with Gasteiger partial charge in [0.25, 0.3) is 0 Å². The van der Waals surface area contributed by atoms with Crippen molar-refractivity contribution in [2.24, 2.45) is 0 Å². The van der Waals surface area contributed by atoms with Gasteiger partial charge in [-0.15, -0.1) is 0 Å². The Kier molecular flexibility index (Phi) is 4.77. The molecule has 0 spiro atoms. The molecule has 1 rings (SSSR count). The highest BCUT2D eigenvalue weighted by molar-refractivity contribution is 7.71. The van der Waals surface area contributed by atoms with Crippen molar-refractivity contribution >= 4 is 12.2 Å². The van der Waals surface area contributed by atoms with E-state index in [2.05, 4.69) is 54.5 Å². The number of hydrogen-bond acceptors (Lipinski definition) is 4. The van der Waals surface area contributed by atoms with Gasteiger partial charge in [-0.2, -0.15) is 0 Å². The summed E-state index contributed by atoms with van der Waals surface area (Å²) in [6, 6.07) is 1.13. The van der Waals surface area contributed by atoms with Gasteiger partial charge in [0.15, 0.2) is 0 Å². The number of aromatic nitrogens is 3. The topological polar surface area (TPSA) is 44.8 Å². The normalized spacial score (nSPS) is 13.7. The van der Waals surface area contributed by atoms with Crippen LogP contribution in [0, 0.1) is 11.7 Å². The van der Waals surface area contributed by atoms with Crippen LogP contribution in [0.2, 0.25) is 0 Å². The van der Waals surface area contributed by atoms with Crippen molar-refractivity contribution in [2.75, 3.05) is 0 Å². The molecule has 0 amide bonds. The van der Waals surface area contributed by atoms with E-state index in [9.17, 15) is 0 Å². The molecule has 1 aromatic rings. The molecule has 0 aliphatic heterocycles. The lowest BCUT2D eigenvalue weighted by Crippen LogP contribution is -2.39. The van der Waals surface area contributed by atoms with Crippen LogP contribution >= 0.6 is 12.2 Å². The summed E-state index contributed by atoms with van der Waals surface area (Å²) in [5, 5.41) is 0. The molecule has 5 heteroatoms. The number of hydrogen-bond donors (Lipinski definition) is 1. The maximum absolute atomic E-state index is 5.06. The van der Waals surface area contributed by atoms with Crippen LogP contribution in [0.5, 0.6) is 0 Å². The van der Waals surface area contributed by atoms with Crippen molar-refractivity contribution in [3.8, 4) is 0 Å². The van der Waals surface area contributed by atoms with Gasteiger partial charge in [0.2, 0.25) is 4.77 Å². The van der Waals surface area contributed by atoms with Crippen LogP contribution in [-0.2, 0) is 0 Å². The van der Waals surface area contributed by atoms with Gasteiger partial charge in [0.05, 0.1) is 6.04 Å². The molecule has 1 atom stereocenters. The zero-order chi connectivity index (χ0) is 13.2. The summed E-state index contributed by atoms with van der Waals surface area (Å²) < 4.78 is 0.413. The van der Waals surface area contributed by atoms with Crippen LogP contribution in [0.1, 0.15) is 52.3 Å². The van der Waals surface area contributed by atoms with Gasteiger partial charge < -0.3 is 4.98 Å². The number of nitrogens with zero attached hydrogens (tertiary/aromatic N) is 3. The molecule has 1 heterocycles. The van der Waals surface area contributed by atoms with Gasteiger partial charge in [0.1, 0.15) is 11.6 Å². The third-order valence-electron chi connectivity index (χ3n) is 2.82. The Morgan fingerprint density at radius 2 is 1.59 bits per heavy atom. The lowest BCUT2D eigenvalue weighted by atomic mass is 10.1. The molecule has 17 heavy (non-hydrogen) atoms. The second-order valence-corrected chi connectivity index (χ2v) is 5.28. The van der Waals surface area contributed by atoms with E-state index in [0.29, 0.717) is 16.9 Å². The van der Waals surface area contributed by atoms with Gasteiger partial charge in [-0.25, -0.2) is 9.97 Å². The highest BCUT2D eigenvalue weighted by Gasteiger charge is 2.23. The van der Waals surface area contributed by atoms with Gasteiger partial charge in [-0.05, 0) is 53.8 Å². The summed E-state index contributed by atoms with van der Waals surface area (Å²) in [5.41, 5.74) is 0. The fourth-order valence-electron chi connectivity index (χ4n) is 2.34. The molecule has 1 aromatic heterocycles. The first kappa shape index (κ1) is 14.3. The lowest BCUT2D eigenvalue weighted by Gasteiger charge is -2.35. The maximum atomic E-state index is 5.06. The van der Waals surface area contributed by atoms with Crippen molar-refractivity contribution in [1.29, 1.82) is 0 Å². The minimum absolute atomic E-state index is 0.207. The molecule has 0 aromatic carbocycles. The summed E-state index contributed by atoms with van der Waals surface area (Å²) in [5.74, 6) is 1.71. The molecule has 0 aliphatic rings. The molecule has 96 valence electrons. The van der Waals surface area contributed by atoms with E-state index < -0.39 is 0 Å². The molecule has 0 bridgehead atoms. The van der Waals surface area contributed by atoms with E-state index in [4.69, 9.17) is 12.2 Å². The molecule has 1 N–H and O–H groups in total. The third kappa shape index (κ3) is 3.57. The number of H-pyrrole nitrogens is 1. The summed E-state index contributed by atoms with van der Waals surface area (Å²) in [4.78, 5) is 14.0. The minimum atomic E-state index is 0.207. The van der Waals surface area contributed by atoms with Gasteiger partial charge >= 0.3 is 0 Å². The Morgan fingerprint density at radius 3 is 2.00 bits per heavy atom. The molecule has 0 radical (unpaired) electrons. The molecular formula is C12H22N4S. The van der Waals surface area contributed by atoms with Gasteiger partial charge in [0, 0.05) is 12.1 Å². The molecule has 4 nitrogen and oxygen atoms in total. The molecule has 0 fully saturated rings. The average molecular weight is 254 g/mol. The Morgan fingerprint density at radius 1 is 1.06 bits per heavy atom. The van der Waals surface area contributed by atoms with Crippen molar-refractivity contribution in [1.82, 2.24) is 19.9 Å². The molecule has 0 saturated carbocycles. The van der Waals surface area contributed by atoms with Crippen molar-refractivity contribution < 1.29 is 0 Å². The number of rotatable bonds is 4. The molecule has 1 unspecified atom stereocenters. The summed E-state index contributed by atoms with van der Waals surface area (Å²) >= 11 is 5.06. The fourth-order valence-corrected chi connectivity index (χ4v) is 2.58. The summed E-state index contributed by atoms with van der Waals surface area (Å²) in [7, 11) is 0. The molecule has 0 saturated heterocycles. The lowest BCUT2D eigenvalue weighted by molar-refractivity contribution is 0.117. The summed E-state index contributed by atoms with van der Waals surface area (Å²) in [6.07, 6.45) is 0. The summed E-state index contributed by atoms with van der Waals surface area (Å²) in [6.45, 7) is 12.8. The second kappa shape index (κ2) is 5.69. The van der Waals surface area contributed by atoms with Gasteiger partial charge in [-0.3, -0.25) is 4.90 Å². The van der Waals surface area contributed by atoms with Crippen LogP contribution in [0.25, 0.3) is 0 Å². The quantitative estimate of drug-likeness (QED) is 0.839. The largest absolute Gasteiger partial charge is 0.331 e. The van der Waals surface area contributed by atoms with E-state index in [1.807, 2.05) is 6.92 Å². The number of aromatic amines is 1. The van der Waals surface area contributed by atoms with Crippen LogP contribution < -0.4 is 0 Å². The van der Waals surface area contributed by atoms with E-state index in [1.165, 1.54) is 0 Å². The first-order chi connectivity index (χ1) is 7.82. The van der Waals surface area contributed by atoms with Crippen LogP contribution in [0.15, 0.2) is 0 Å². The highest BCUT2D eigenvalue weighted by Crippen LogP contribution is 2.21. The Balaban J connectivity index is 3.09. The Labute approximate surface area is 108 Å². The monoisotopic (exact) mass is 254 g/mol. The number of aryl methyl sites for hydroxylation is 1. The standard InChI is InChI=1S/C12H22N4S/c1-7(2)16(8(3)4)9(5)11-13-10(6)14-12(17)15-11/h7-9H,1-6H3,(H,13,14,15,17). The first-order valence-electron chi connectivity index (χ1n) is 6.05. The Bertz CT molecular complexity index is 417. The van der Waals surface area contributed by atoms with E-state index in [0.717, 1.165) is 11.6 Å². The molecular weight excluding hydrogens is 232 g/mol. The zero-order valence-electron chi connectivity index (χ0n) is 11.5. The SMILES string of the molecule is Cc1nc(=S)nc(C(C)N(C(C)C)C(C)C)[nH]1. The predicted octanol–water partition coefficient (Wildman–Crippen LogP) is 3.02. The van der Waals surface area contributed by atoms with Crippen molar-refractivity contribution in [3.05, 3.63) is 16.4 Å². The highest BCUT2D eigenvalue weighted by atomic mass is 32.1. The van der Waals surface area contributed by atoms with Crippen LogP contribution in [0.3, 0.4) is 0 Å². The minimum Gasteiger partial charge on any atom is -0.331 e. The first-order valence-corrected chi connectivity index (χ1v) is 6.46. The molecule has 0 aliphatic carbocycles. The van der Waals surface area contributed by atoms with E-state index >= 15 is 0 Å². The zero-order valence-corrected chi connectivity index (χ0v) is 12.3. The maximum Gasteiger partial charge on any atom is 0.222 e. The fraction of sp³-hybridized carbons (Fsp3) is 0.750. The van der Waals surface area contributed by atoms with E-state index in [1.54, 1.807) is 0 Å². The number of nitrogens with one attached hydrogen (secondary N) is 1. The van der Waals surface area contributed by atoms with Crippen LogP contribution in [-0.4, -0.2) is 31.9 Å². The third-order valence-corrected chi connectivity index (χ3v) is 3.01. The van der Waals surface area contributed by atoms with Crippen LogP contribution in [0.4, 0.5) is 0 Å². The average Bonchev–Trinajstić information content (AvgIpc) is 2.14. The smallest absolute Gasteiger partial charge is 0.222 e. The van der Waals surface area contributed by atoms with Crippen molar-refractivity contribution in [3.63, 3.8) is 0 Å². The predicted molar refractivity (Wildman–Crippen MR) is 72.5 cm³/mol. The van der Waals surface area contributed by atoms with E-state index in [-0.39, 0.29) is 6.04 Å². The second-order valence-electron chi connectivity index (χ2n) is 4.91. The van der Waals surface area contributed by atoms with Crippen molar-refractivity contribution in [2.45, 2.75) is 59.7 Å². The van der Waals surface area contributed by atoms with Gasteiger partial charge in [-0.1, -0.05) is 0 Å².